The topological polar surface area (TPSA) is 36.1 Å². The lowest BCUT2D eigenvalue weighted by molar-refractivity contribution is 0.594. The fraction of sp³-hybridized carbons (Fsp3) is 0.500. The number of aliphatic imine (C=N–C) groups is 1. The molecule has 0 bridgehead atoms. The highest BCUT2D eigenvalue weighted by molar-refractivity contribution is 5.99. The van der Waals surface area contributed by atoms with E-state index in [1.165, 1.54) is 0 Å². The molecule has 0 N–H and O–H groups in total. The van der Waals surface area contributed by atoms with Crippen LogP contribution in [0.1, 0.15) is 20.8 Å². The molecule has 0 heterocycles. The monoisotopic (exact) mass is 136 g/mol. The summed E-state index contributed by atoms with van der Waals surface area (Å²) < 4.78 is 0. The van der Waals surface area contributed by atoms with Gasteiger partial charge in [-0.3, -0.25) is 0 Å². The Bertz CT molecular complexity index is 188. The van der Waals surface area contributed by atoms with Gasteiger partial charge >= 0.3 is 0 Å². The molecule has 0 rings (SSSR count). The summed E-state index contributed by atoms with van der Waals surface area (Å²) >= 11 is 0. The largest absolute Gasteiger partial charge is 0.205 e. The molecule has 0 saturated carbocycles. The van der Waals surface area contributed by atoms with Gasteiger partial charge in [0.1, 0.15) is 0 Å². The number of allylic oxidation sites excluding steroid dienone is 1. The predicted octanol–water partition coefficient (Wildman–Crippen LogP) is 2.14. The van der Waals surface area contributed by atoms with Gasteiger partial charge in [-0.2, -0.15) is 10.3 Å². The molecule has 0 unspecified atom stereocenters. The summed E-state index contributed by atoms with van der Waals surface area (Å²) in [5.41, 5.74) is 0.660. The molecule has 0 radical (unpaired) electrons. The molecular weight excluding hydrogens is 124 g/mol. The Balaban J connectivity index is 4.57. The highest BCUT2D eigenvalue weighted by Gasteiger charge is 2.15. The summed E-state index contributed by atoms with van der Waals surface area (Å²) in [5, 5.41) is 8.25. The highest BCUT2D eigenvalue weighted by Crippen LogP contribution is 2.16. The maximum absolute atomic E-state index is 8.25. The number of hydrogen-bond donors (Lipinski definition) is 0. The van der Waals surface area contributed by atoms with E-state index in [0.717, 1.165) is 5.71 Å². The van der Waals surface area contributed by atoms with Crippen LogP contribution in [-0.2, 0) is 0 Å². The average Bonchev–Trinajstić information content (AvgIpc) is 1.80. The third-order valence-electron chi connectivity index (χ3n) is 1.13. The minimum atomic E-state index is -0.0719. The molecule has 10 heavy (non-hydrogen) atoms. The molecule has 54 valence electrons. The van der Waals surface area contributed by atoms with Crippen molar-refractivity contribution in [1.82, 2.24) is 0 Å². The molecule has 0 saturated heterocycles. The first-order valence-electron chi connectivity index (χ1n) is 3.12. The second-order valence-corrected chi connectivity index (χ2v) is 3.05. The molecular formula is C8H12N2. The molecule has 0 aromatic carbocycles. The fourth-order valence-corrected chi connectivity index (χ4v) is 0.573. The first kappa shape index (κ1) is 8.90. The second-order valence-electron chi connectivity index (χ2n) is 3.05. The van der Waals surface area contributed by atoms with E-state index in [-0.39, 0.29) is 5.41 Å². The lowest BCUT2D eigenvalue weighted by Crippen LogP contribution is -2.17. The summed E-state index contributed by atoms with van der Waals surface area (Å²) in [6.45, 7) is 9.54. The van der Waals surface area contributed by atoms with Gasteiger partial charge in [0.05, 0.1) is 5.71 Å². The zero-order valence-corrected chi connectivity index (χ0v) is 6.68. The summed E-state index contributed by atoms with van der Waals surface area (Å²) in [5.74, 6) is 0. The van der Waals surface area contributed by atoms with Crippen LogP contribution >= 0.6 is 0 Å². The normalized spacial score (nSPS) is 12.4. The van der Waals surface area contributed by atoms with Gasteiger partial charge in [0.25, 0.3) is 0 Å². The standard InChI is InChI=1S/C8H12N2/c1-5-7(10-6-9)8(2,3)4/h5H,1H2,2-4H3/b10-7+. The van der Waals surface area contributed by atoms with Gasteiger partial charge in [-0.1, -0.05) is 27.4 Å². The molecule has 0 amide bonds. The van der Waals surface area contributed by atoms with Gasteiger partial charge in [0.15, 0.2) is 0 Å². The Morgan fingerprint density at radius 1 is 1.60 bits per heavy atom. The first-order valence-corrected chi connectivity index (χ1v) is 3.12. The average molecular weight is 136 g/mol. The molecule has 0 aromatic heterocycles. The van der Waals surface area contributed by atoms with Crippen LogP contribution in [0.15, 0.2) is 17.6 Å². The molecule has 0 aliphatic carbocycles. The highest BCUT2D eigenvalue weighted by atomic mass is 14.7. The number of nitriles is 1. The van der Waals surface area contributed by atoms with Crippen molar-refractivity contribution in [1.29, 1.82) is 5.26 Å². The van der Waals surface area contributed by atoms with Crippen LogP contribution in [0.4, 0.5) is 0 Å². The Hall–Kier alpha value is -1.10. The summed E-state index contributed by atoms with van der Waals surface area (Å²) in [4.78, 5) is 3.62. The quantitative estimate of drug-likeness (QED) is 0.402. The second kappa shape index (κ2) is 3.17. The zero-order valence-electron chi connectivity index (χ0n) is 6.68. The van der Waals surface area contributed by atoms with Crippen LogP contribution < -0.4 is 0 Å². The summed E-state index contributed by atoms with van der Waals surface area (Å²) in [6, 6.07) is 0. The zero-order chi connectivity index (χ0) is 8.20. The van der Waals surface area contributed by atoms with Crippen LogP contribution in [0.2, 0.25) is 0 Å². The van der Waals surface area contributed by atoms with Crippen LogP contribution in [0, 0.1) is 16.9 Å². The smallest absolute Gasteiger partial charge is 0.178 e. The summed E-state index contributed by atoms with van der Waals surface area (Å²) in [7, 11) is 0. The van der Waals surface area contributed by atoms with Gasteiger partial charge in [0, 0.05) is 5.41 Å². The van der Waals surface area contributed by atoms with Crippen molar-refractivity contribution in [2.75, 3.05) is 0 Å². The molecule has 0 spiro atoms. The summed E-state index contributed by atoms with van der Waals surface area (Å²) in [6.07, 6.45) is 3.36. The maximum Gasteiger partial charge on any atom is 0.205 e. The van der Waals surface area contributed by atoms with E-state index in [0.29, 0.717) is 0 Å². The molecule has 0 aliphatic heterocycles. The van der Waals surface area contributed by atoms with E-state index < -0.39 is 0 Å². The molecule has 0 fully saturated rings. The minimum absolute atomic E-state index is 0.0719. The molecule has 2 nitrogen and oxygen atoms in total. The van der Waals surface area contributed by atoms with Gasteiger partial charge < -0.3 is 0 Å². The Kier molecular flexibility index (Phi) is 2.82. The van der Waals surface area contributed by atoms with Crippen LogP contribution in [0.3, 0.4) is 0 Å². The van der Waals surface area contributed by atoms with Crippen LogP contribution in [0.5, 0.6) is 0 Å². The van der Waals surface area contributed by atoms with Gasteiger partial charge in [-0.25, -0.2) is 0 Å². The van der Waals surface area contributed by atoms with Gasteiger partial charge in [-0.05, 0) is 6.08 Å². The fourth-order valence-electron chi connectivity index (χ4n) is 0.573. The molecule has 2 heteroatoms. The van der Waals surface area contributed by atoms with Crippen molar-refractivity contribution in [2.24, 2.45) is 10.4 Å². The van der Waals surface area contributed by atoms with E-state index in [9.17, 15) is 0 Å². The maximum atomic E-state index is 8.25. The van der Waals surface area contributed by atoms with E-state index in [2.05, 4.69) is 11.6 Å². The lowest BCUT2D eigenvalue weighted by atomic mass is 9.90. The Morgan fingerprint density at radius 2 is 2.10 bits per heavy atom. The van der Waals surface area contributed by atoms with Crippen molar-refractivity contribution in [3.63, 3.8) is 0 Å². The van der Waals surface area contributed by atoms with Crippen molar-refractivity contribution in [3.05, 3.63) is 12.7 Å². The van der Waals surface area contributed by atoms with Gasteiger partial charge in [0.2, 0.25) is 6.19 Å². The molecule has 0 aromatic rings. The van der Waals surface area contributed by atoms with Crippen LogP contribution in [0.25, 0.3) is 0 Å². The Labute approximate surface area is 61.9 Å². The molecule has 0 aliphatic rings. The van der Waals surface area contributed by atoms with Gasteiger partial charge in [-0.15, -0.1) is 0 Å². The SMILES string of the molecule is C=C/C(=N\C#N)C(C)(C)C. The van der Waals surface area contributed by atoms with E-state index in [1.807, 2.05) is 20.8 Å². The third kappa shape index (κ3) is 2.45. The van der Waals surface area contributed by atoms with E-state index >= 15 is 0 Å². The number of hydrogen-bond acceptors (Lipinski definition) is 2. The lowest BCUT2D eigenvalue weighted by Gasteiger charge is -2.16. The Morgan fingerprint density at radius 3 is 2.20 bits per heavy atom. The van der Waals surface area contributed by atoms with E-state index in [1.54, 1.807) is 12.3 Å². The number of rotatable bonds is 1. The predicted molar refractivity (Wildman–Crippen MR) is 42.7 cm³/mol. The molecule has 0 atom stereocenters. The van der Waals surface area contributed by atoms with Crippen LogP contribution in [-0.4, -0.2) is 5.71 Å². The third-order valence-corrected chi connectivity index (χ3v) is 1.13. The van der Waals surface area contributed by atoms with Crippen molar-refractivity contribution >= 4 is 5.71 Å². The number of nitrogens with zero attached hydrogens (tertiary/aromatic N) is 2. The van der Waals surface area contributed by atoms with E-state index in [4.69, 9.17) is 5.26 Å². The van der Waals surface area contributed by atoms with Crippen molar-refractivity contribution < 1.29 is 0 Å². The van der Waals surface area contributed by atoms with Crippen molar-refractivity contribution in [3.8, 4) is 6.19 Å². The first-order chi connectivity index (χ1) is 4.52. The minimum Gasteiger partial charge on any atom is -0.178 e. The van der Waals surface area contributed by atoms with Crippen molar-refractivity contribution in [2.45, 2.75) is 20.8 Å².